The minimum atomic E-state index is -1.03. The summed E-state index contributed by atoms with van der Waals surface area (Å²) >= 11 is 7.24. The van der Waals surface area contributed by atoms with Crippen LogP contribution in [0.25, 0.3) is 16.8 Å². The van der Waals surface area contributed by atoms with Crippen molar-refractivity contribution in [1.29, 1.82) is 0 Å². The summed E-state index contributed by atoms with van der Waals surface area (Å²) in [5.74, 6) is -0.505. The predicted octanol–water partition coefficient (Wildman–Crippen LogP) is 5.68. The molecule has 2 amide bonds. The Balaban J connectivity index is 1.55. The molecule has 0 unspecified atom stereocenters. The minimum Gasteiger partial charge on any atom is -0.493 e. The molecule has 1 aliphatic heterocycles. The maximum atomic E-state index is 12.8. The Hall–Kier alpha value is -3.49. The molecule has 0 bridgehead atoms. The fraction of sp³-hybridized carbons (Fsp3) is 0.192. The van der Waals surface area contributed by atoms with Crippen LogP contribution in [-0.2, 0) is 20.9 Å². The molecule has 3 aromatic carbocycles. The molecule has 4 rings (SSSR count). The predicted molar refractivity (Wildman–Crippen MR) is 136 cm³/mol. The second-order valence-corrected chi connectivity index (χ2v) is 9.16. The summed E-state index contributed by atoms with van der Waals surface area (Å²) in [5.41, 5.74) is 1.51. The topological polar surface area (TPSA) is 82.1 Å². The standard InChI is InChI=1S/C26H22ClNO6S/c1-15(25(30)33-3)28-24(29)22(35-26(28)31)13-17-11-20(27)23(21(12-17)32-2)34-14-16-8-9-18-6-4-5-7-19(18)10-16/h4-13,15H,14H2,1-3H3/b22-13+/t15-/m0/s1. The molecule has 0 spiro atoms. The van der Waals surface area contributed by atoms with Gasteiger partial charge in [-0.05, 0) is 64.9 Å². The highest BCUT2D eigenvalue weighted by molar-refractivity contribution is 8.18. The number of nitrogens with zero attached hydrogens (tertiary/aromatic N) is 1. The Morgan fingerprint density at radius 1 is 1.09 bits per heavy atom. The first kappa shape index (κ1) is 24.6. The van der Waals surface area contributed by atoms with Crippen LogP contribution in [0.3, 0.4) is 0 Å². The van der Waals surface area contributed by atoms with Crippen LogP contribution in [0.5, 0.6) is 11.5 Å². The summed E-state index contributed by atoms with van der Waals surface area (Å²) in [6, 6.07) is 16.4. The molecule has 35 heavy (non-hydrogen) atoms. The summed E-state index contributed by atoms with van der Waals surface area (Å²) < 4.78 is 16.1. The summed E-state index contributed by atoms with van der Waals surface area (Å²) in [6.07, 6.45) is 1.52. The SMILES string of the molecule is COC(=O)[C@H](C)N1C(=O)S/C(=C/c2cc(Cl)c(OCc3ccc4ccccc4c3)c(OC)c2)C1=O. The number of hydrogen-bond acceptors (Lipinski definition) is 7. The number of esters is 1. The summed E-state index contributed by atoms with van der Waals surface area (Å²) in [5, 5.41) is 1.99. The van der Waals surface area contributed by atoms with Gasteiger partial charge in [-0.3, -0.25) is 14.5 Å². The van der Waals surface area contributed by atoms with E-state index in [0.717, 1.165) is 33.0 Å². The number of methoxy groups -OCH3 is 2. The Morgan fingerprint density at radius 2 is 1.83 bits per heavy atom. The smallest absolute Gasteiger partial charge is 0.328 e. The van der Waals surface area contributed by atoms with Crippen molar-refractivity contribution in [2.75, 3.05) is 14.2 Å². The van der Waals surface area contributed by atoms with Gasteiger partial charge in [0.05, 0.1) is 24.1 Å². The van der Waals surface area contributed by atoms with Crippen molar-refractivity contribution >= 4 is 57.3 Å². The van der Waals surface area contributed by atoms with Gasteiger partial charge in [0.2, 0.25) is 0 Å². The highest BCUT2D eigenvalue weighted by Gasteiger charge is 2.41. The number of imide groups is 1. The quantitative estimate of drug-likeness (QED) is 0.298. The van der Waals surface area contributed by atoms with Crippen molar-refractivity contribution in [2.24, 2.45) is 0 Å². The monoisotopic (exact) mass is 511 g/mol. The van der Waals surface area contributed by atoms with Gasteiger partial charge in [0.1, 0.15) is 12.6 Å². The van der Waals surface area contributed by atoms with Gasteiger partial charge in [-0.25, -0.2) is 4.79 Å². The van der Waals surface area contributed by atoms with Gasteiger partial charge in [0.25, 0.3) is 11.1 Å². The molecule has 9 heteroatoms. The lowest BCUT2D eigenvalue weighted by molar-refractivity contribution is -0.148. The van der Waals surface area contributed by atoms with Crippen LogP contribution in [0.2, 0.25) is 5.02 Å². The first-order valence-electron chi connectivity index (χ1n) is 10.6. The summed E-state index contributed by atoms with van der Waals surface area (Å²) in [4.78, 5) is 37.9. The minimum absolute atomic E-state index is 0.161. The zero-order valence-corrected chi connectivity index (χ0v) is 20.8. The summed E-state index contributed by atoms with van der Waals surface area (Å²) in [6.45, 7) is 1.72. The van der Waals surface area contributed by atoms with Crippen LogP contribution >= 0.6 is 23.4 Å². The van der Waals surface area contributed by atoms with Gasteiger partial charge in [-0.2, -0.15) is 0 Å². The van der Waals surface area contributed by atoms with Gasteiger partial charge >= 0.3 is 5.97 Å². The average Bonchev–Trinajstić information content (AvgIpc) is 3.14. The van der Waals surface area contributed by atoms with E-state index >= 15 is 0 Å². The van der Waals surface area contributed by atoms with Crippen LogP contribution < -0.4 is 9.47 Å². The molecule has 1 saturated heterocycles. The fourth-order valence-electron chi connectivity index (χ4n) is 3.69. The van der Waals surface area contributed by atoms with E-state index in [1.807, 2.05) is 36.4 Å². The van der Waals surface area contributed by atoms with Crippen molar-refractivity contribution in [2.45, 2.75) is 19.6 Å². The zero-order valence-electron chi connectivity index (χ0n) is 19.2. The van der Waals surface area contributed by atoms with Gasteiger partial charge in [-0.15, -0.1) is 0 Å². The van der Waals surface area contributed by atoms with Gasteiger partial charge in [0, 0.05) is 0 Å². The highest BCUT2D eigenvalue weighted by atomic mass is 35.5. The van der Waals surface area contributed by atoms with E-state index < -0.39 is 23.2 Å². The van der Waals surface area contributed by atoms with E-state index in [2.05, 4.69) is 10.8 Å². The molecule has 0 aromatic heterocycles. The molecule has 0 N–H and O–H groups in total. The number of halogens is 1. The van der Waals surface area contributed by atoms with E-state index in [1.54, 1.807) is 12.1 Å². The second-order valence-electron chi connectivity index (χ2n) is 7.76. The molecule has 1 atom stereocenters. The zero-order chi connectivity index (χ0) is 25.1. The molecular weight excluding hydrogens is 490 g/mol. The Kier molecular flexibility index (Phi) is 7.33. The van der Waals surface area contributed by atoms with Gasteiger partial charge in [-0.1, -0.05) is 48.0 Å². The third-order valence-electron chi connectivity index (χ3n) is 5.50. The molecule has 0 saturated carbocycles. The first-order chi connectivity index (χ1) is 16.8. The number of carbonyl (C=O) groups is 3. The molecule has 1 fully saturated rings. The van der Waals surface area contributed by atoms with E-state index in [4.69, 9.17) is 21.1 Å². The Labute approximate surface area is 211 Å². The number of benzene rings is 3. The fourth-order valence-corrected chi connectivity index (χ4v) is 4.87. The van der Waals surface area contributed by atoms with Crippen molar-refractivity contribution < 1.29 is 28.6 Å². The number of thioether (sulfide) groups is 1. The second kappa shape index (κ2) is 10.4. The van der Waals surface area contributed by atoms with Crippen molar-refractivity contribution in [3.05, 3.63) is 75.7 Å². The third kappa shape index (κ3) is 5.13. The number of carbonyl (C=O) groups excluding carboxylic acids is 3. The lowest BCUT2D eigenvalue weighted by atomic mass is 10.1. The largest absolute Gasteiger partial charge is 0.493 e. The number of amides is 2. The van der Waals surface area contributed by atoms with Gasteiger partial charge < -0.3 is 14.2 Å². The number of rotatable bonds is 7. The molecule has 0 aliphatic carbocycles. The molecular formula is C26H22ClNO6S. The third-order valence-corrected chi connectivity index (χ3v) is 6.66. The van der Waals surface area contributed by atoms with E-state index in [0.29, 0.717) is 22.1 Å². The van der Waals surface area contributed by atoms with Gasteiger partial charge in [0.15, 0.2) is 11.5 Å². The number of ether oxygens (including phenoxy) is 3. The van der Waals surface area contributed by atoms with Crippen molar-refractivity contribution in [1.82, 2.24) is 4.90 Å². The highest BCUT2D eigenvalue weighted by Crippen LogP contribution is 2.39. The average molecular weight is 512 g/mol. The number of fused-ring (bicyclic) bond motifs is 1. The maximum absolute atomic E-state index is 12.8. The lowest BCUT2D eigenvalue weighted by Crippen LogP contribution is -2.42. The van der Waals surface area contributed by atoms with Crippen molar-refractivity contribution in [3.8, 4) is 11.5 Å². The van der Waals surface area contributed by atoms with Crippen molar-refractivity contribution in [3.63, 3.8) is 0 Å². The van der Waals surface area contributed by atoms with E-state index in [1.165, 1.54) is 27.2 Å². The van der Waals surface area contributed by atoms with Crippen LogP contribution in [0.4, 0.5) is 4.79 Å². The van der Waals surface area contributed by atoms with Crippen LogP contribution in [0.1, 0.15) is 18.1 Å². The Bertz CT molecular complexity index is 1350. The first-order valence-corrected chi connectivity index (χ1v) is 11.8. The molecule has 3 aromatic rings. The summed E-state index contributed by atoms with van der Waals surface area (Å²) in [7, 11) is 2.69. The van der Waals surface area contributed by atoms with E-state index in [9.17, 15) is 14.4 Å². The molecule has 1 heterocycles. The molecule has 180 valence electrons. The molecule has 0 radical (unpaired) electrons. The van der Waals surface area contributed by atoms with E-state index in [-0.39, 0.29) is 11.5 Å². The van der Waals surface area contributed by atoms with Crippen LogP contribution in [-0.4, -0.2) is 42.3 Å². The normalized spacial score (nSPS) is 15.5. The lowest BCUT2D eigenvalue weighted by Gasteiger charge is -2.18. The van der Waals surface area contributed by atoms with Crippen LogP contribution in [0, 0.1) is 0 Å². The number of hydrogen-bond donors (Lipinski definition) is 0. The van der Waals surface area contributed by atoms with Crippen LogP contribution in [0.15, 0.2) is 59.5 Å². The molecule has 7 nitrogen and oxygen atoms in total. The maximum Gasteiger partial charge on any atom is 0.328 e. The molecule has 1 aliphatic rings. The Morgan fingerprint density at radius 3 is 2.54 bits per heavy atom.